The zero-order chi connectivity index (χ0) is 23.2. The van der Waals surface area contributed by atoms with Gasteiger partial charge in [-0.25, -0.2) is 9.97 Å². The van der Waals surface area contributed by atoms with Crippen molar-refractivity contribution >= 4 is 23.2 Å². The average molecular weight is 450 g/mol. The van der Waals surface area contributed by atoms with Crippen molar-refractivity contribution in [2.75, 3.05) is 62.6 Å². The molecule has 3 heterocycles. The first-order valence-corrected chi connectivity index (χ1v) is 10.6. The summed E-state index contributed by atoms with van der Waals surface area (Å²) in [5.74, 6) is 2.90. The number of amides is 1. The molecule has 172 valence electrons. The first kappa shape index (κ1) is 22.2. The number of benzene rings is 1. The number of carbonyl (C=O) groups excluding carboxylic acids is 1. The molecular formula is C24H27N5O4. The SMILES string of the molecule is COc1cc(NC(=O)c2ccnc(N3CCN(c4ccccn4)CC3)c2)cc(OC)c1OC. The molecule has 0 atom stereocenters. The molecule has 9 nitrogen and oxygen atoms in total. The topological polar surface area (TPSA) is 89.1 Å². The van der Waals surface area contributed by atoms with Crippen molar-refractivity contribution in [2.45, 2.75) is 0 Å². The predicted molar refractivity (Wildman–Crippen MR) is 127 cm³/mol. The van der Waals surface area contributed by atoms with Gasteiger partial charge in [-0.05, 0) is 24.3 Å². The van der Waals surface area contributed by atoms with Crippen LogP contribution in [-0.2, 0) is 0 Å². The molecule has 0 spiro atoms. The van der Waals surface area contributed by atoms with Gasteiger partial charge in [-0.3, -0.25) is 4.79 Å². The van der Waals surface area contributed by atoms with Gasteiger partial charge in [-0.15, -0.1) is 0 Å². The van der Waals surface area contributed by atoms with Crippen LogP contribution in [0.3, 0.4) is 0 Å². The molecule has 0 aliphatic carbocycles. The molecular weight excluding hydrogens is 422 g/mol. The lowest BCUT2D eigenvalue weighted by atomic mass is 10.2. The zero-order valence-corrected chi connectivity index (χ0v) is 18.9. The predicted octanol–water partition coefficient (Wildman–Crippen LogP) is 3.08. The van der Waals surface area contributed by atoms with Crippen LogP contribution in [0.1, 0.15) is 10.4 Å². The van der Waals surface area contributed by atoms with Gasteiger partial charge in [-0.1, -0.05) is 6.07 Å². The maximum Gasteiger partial charge on any atom is 0.255 e. The Labute approximate surface area is 192 Å². The number of ether oxygens (including phenoxy) is 3. The largest absolute Gasteiger partial charge is 0.493 e. The highest BCUT2D eigenvalue weighted by Crippen LogP contribution is 2.40. The van der Waals surface area contributed by atoms with Crippen LogP contribution >= 0.6 is 0 Å². The van der Waals surface area contributed by atoms with Gasteiger partial charge in [0.05, 0.1) is 21.3 Å². The van der Waals surface area contributed by atoms with Gasteiger partial charge in [0.15, 0.2) is 11.5 Å². The minimum absolute atomic E-state index is 0.250. The first-order chi connectivity index (χ1) is 16.1. The number of nitrogens with one attached hydrogen (secondary N) is 1. The molecule has 4 rings (SSSR count). The highest BCUT2D eigenvalue weighted by Gasteiger charge is 2.20. The van der Waals surface area contributed by atoms with Gasteiger partial charge in [0.25, 0.3) is 5.91 Å². The van der Waals surface area contributed by atoms with E-state index in [9.17, 15) is 4.79 Å². The molecule has 0 radical (unpaired) electrons. The number of hydrogen-bond donors (Lipinski definition) is 1. The van der Waals surface area contributed by atoms with Crippen molar-refractivity contribution in [3.8, 4) is 17.2 Å². The summed E-state index contributed by atoms with van der Waals surface area (Å²) in [5.41, 5.74) is 1.05. The monoisotopic (exact) mass is 449 g/mol. The van der Waals surface area contributed by atoms with Gasteiger partial charge in [0, 0.05) is 62.0 Å². The van der Waals surface area contributed by atoms with E-state index in [4.69, 9.17) is 14.2 Å². The number of methoxy groups -OCH3 is 3. The number of aromatic nitrogens is 2. The molecule has 0 saturated carbocycles. The quantitative estimate of drug-likeness (QED) is 0.589. The lowest BCUT2D eigenvalue weighted by Gasteiger charge is -2.36. The molecule has 1 aliphatic heterocycles. The van der Waals surface area contributed by atoms with Crippen LogP contribution in [0.5, 0.6) is 17.2 Å². The van der Waals surface area contributed by atoms with Gasteiger partial charge in [0.1, 0.15) is 11.6 Å². The van der Waals surface area contributed by atoms with Crippen LogP contribution in [0, 0.1) is 0 Å². The van der Waals surface area contributed by atoms with Crippen molar-refractivity contribution < 1.29 is 19.0 Å². The van der Waals surface area contributed by atoms with E-state index in [1.54, 1.807) is 30.6 Å². The minimum atomic E-state index is -0.250. The molecule has 0 unspecified atom stereocenters. The van der Waals surface area contributed by atoms with E-state index in [1.807, 2.05) is 24.3 Å². The summed E-state index contributed by atoms with van der Waals surface area (Å²) in [6.07, 6.45) is 3.46. The van der Waals surface area contributed by atoms with Gasteiger partial charge >= 0.3 is 0 Å². The van der Waals surface area contributed by atoms with Crippen molar-refractivity contribution in [3.63, 3.8) is 0 Å². The lowest BCUT2D eigenvalue weighted by molar-refractivity contribution is 0.102. The summed E-state index contributed by atoms with van der Waals surface area (Å²) >= 11 is 0. The second-order valence-electron chi connectivity index (χ2n) is 7.43. The number of rotatable bonds is 7. The molecule has 3 aromatic rings. The lowest BCUT2D eigenvalue weighted by Crippen LogP contribution is -2.47. The number of anilines is 3. The number of pyridine rings is 2. The van der Waals surface area contributed by atoms with Crippen LogP contribution in [0.4, 0.5) is 17.3 Å². The summed E-state index contributed by atoms with van der Waals surface area (Å²) in [6, 6.07) is 12.8. The van der Waals surface area contributed by atoms with Crippen LogP contribution in [0.15, 0.2) is 54.9 Å². The molecule has 0 bridgehead atoms. The standard InChI is InChI=1S/C24H27N5O4/c1-31-19-15-18(16-20(32-2)23(19)33-3)27-24(30)17-7-9-26-22(14-17)29-12-10-28(11-13-29)21-6-4-5-8-25-21/h4-9,14-16H,10-13H2,1-3H3,(H,27,30). The number of nitrogens with zero attached hydrogens (tertiary/aromatic N) is 4. The highest BCUT2D eigenvalue weighted by atomic mass is 16.5. The summed E-state index contributed by atoms with van der Waals surface area (Å²) in [4.78, 5) is 26.3. The van der Waals surface area contributed by atoms with Crippen LogP contribution in [0.25, 0.3) is 0 Å². The number of piperazine rings is 1. The van der Waals surface area contributed by atoms with Crippen LogP contribution in [-0.4, -0.2) is 63.4 Å². The summed E-state index contributed by atoms with van der Waals surface area (Å²) in [7, 11) is 4.60. The fraction of sp³-hybridized carbons (Fsp3) is 0.292. The summed E-state index contributed by atoms with van der Waals surface area (Å²) in [6.45, 7) is 3.25. The van der Waals surface area contributed by atoms with Crippen molar-refractivity contribution in [1.29, 1.82) is 0 Å². The molecule has 1 aromatic carbocycles. The van der Waals surface area contributed by atoms with E-state index in [0.717, 1.165) is 37.8 Å². The number of hydrogen-bond acceptors (Lipinski definition) is 8. The van der Waals surface area contributed by atoms with Crippen LogP contribution < -0.4 is 29.3 Å². The second kappa shape index (κ2) is 10.1. The van der Waals surface area contributed by atoms with Gasteiger partial charge in [-0.2, -0.15) is 0 Å². The molecule has 33 heavy (non-hydrogen) atoms. The van der Waals surface area contributed by atoms with E-state index in [-0.39, 0.29) is 5.91 Å². The summed E-state index contributed by atoms with van der Waals surface area (Å²) < 4.78 is 16.1. The summed E-state index contributed by atoms with van der Waals surface area (Å²) in [5, 5.41) is 2.90. The zero-order valence-electron chi connectivity index (χ0n) is 18.9. The third-order valence-corrected chi connectivity index (χ3v) is 5.51. The first-order valence-electron chi connectivity index (χ1n) is 10.6. The third kappa shape index (κ3) is 4.92. The molecule has 9 heteroatoms. The highest BCUT2D eigenvalue weighted by molar-refractivity contribution is 6.05. The van der Waals surface area contributed by atoms with Gasteiger partial charge in [0.2, 0.25) is 5.75 Å². The van der Waals surface area contributed by atoms with E-state index in [0.29, 0.717) is 28.5 Å². The maximum absolute atomic E-state index is 13.0. The van der Waals surface area contributed by atoms with Crippen molar-refractivity contribution in [2.24, 2.45) is 0 Å². The Morgan fingerprint density at radius 3 is 2.03 bits per heavy atom. The Morgan fingerprint density at radius 2 is 1.45 bits per heavy atom. The maximum atomic E-state index is 13.0. The Bertz CT molecular complexity index is 1080. The number of carbonyl (C=O) groups is 1. The van der Waals surface area contributed by atoms with Crippen LogP contribution in [0.2, 0.25) is 0 Å². The van der Waals surface area contributed by atoms with E-state index in [2.05, 4.69) is 25.1 Å². The fourth-order valence-electron chi connectivity index (χ4n) is 3.79. The Morgan fingerprint density at radius 1 is 0.818 bits per heavy atom. The minimum Gasteiger partial charge on any atom is -0.493 e. The van der Waals surface area contributed by atoms with Gasteiger partial charge < -0.3 is 29.3 Å². The van der Waals surface area contributed by atoms with Crippen molar-refractivity contribution in [1.82, 2.24) is 9.97 Å². The molecule has 1 fully saturated rings. The third-order valence-electron chi connectivity index (χ3n) is 5.51. The molecule has 1 amide bonds. The van der Waals surface area contributed by atoms with E-state index < -0.39 is 0 Å². The Balaban J connectivity index is 1.45. The normalized spacial score (nSPS) is 13.4. The Kier molecular flexibility index (Phi) is 6.77. The molecule has 2 aromatic heterocycles. The Hall–Kier alpha value is -4.01. The fourth-order valence-corrected chi connectivity index (χ4v) is 3.79. The molecule has 1 saturated heterocycles. The average Bonchev–Trinajstić information content (AvgIpc) is 2.88. The second-order valence-corrected chi connectivity index (χ2v) is 7.43. The smallest absolute Gasteiger partial charge is 0.255 e. The van der Waals surface area contributed by atoms with E-state index in [1.165, 1.54) is 21.3 Å². The molecule has 1 aliphatic rings. The molecule has 1 N–H and O–H groups in total. The van der Waals surface area contributed by atoms with E-state index >= 15 is 0 Å². The van der Waals surface area contributed by atoms with Crippen molar-refractivity contribution in [3.05, 3.63) is 60.4 Å².